The minimum Gasteiger partial charge on any atom is -0.506 e. The molecule has 6 aromatic rings. The third-order valence-electron chi connectivity index (χ3n) is 7.58. The first-order valence-electron chi connectivity index (χ1n) is 15.4. The molecule has 0 saturated carbocycles. The van der Waals surface area contributed by atoms with Crippen molar-refractivity contribution >= 4 is 43.5 Å². The molecule has 0 atom stereocenters. The van der Waals surface area contributed by atoms with E-state index in [1.807, 2.05) is 36.4 Å². The molecule has 277 valence electrons. The van der Waals surface area contributed by atoms with Crippen molar-refractivity contribution in [3.05, 3.63) is 120 Å². The number of hydrogen-bond donors (Lipinski definition) is 4. The molecule has 0 aliphatic rings. The molecule has 0 unspecified atom stereocenters. The molecule has 17 heteroatoms. The fraction of sp³-hybridized carbons (Fsp3) is 0.111. The van der Waals surface area contributed by atoms with Gasteiger partial charge < -0.3 is 20.4 Å². The maximum Gasteiger partial charge on any atom is 0.223 e. The van der Waals surface area contributed by atoms with Gasteiger partial charge in [-0.3, -0.25) is 9.98 Å². The number of aryl methyl sites for hydroxylation is 2. The Kier molecular flexibility index (Phi) is 12.3. The van der Waals surface area contributed by atoms with E-state index in [4.69, 9.17) is 0 Å². The molecule has 0 bridgehead atoms. The van der Waals surface area contributed by atoms with Crippen molar-refractivity contribution in [3.8, 4) is 34.6 Å². The maximum atomic E-state index is 11.7. The monoisotopic (exact) mass is 801 g/mol. The zero-order chi connectivity index (χ0) is 37.8. The molecule has 14 nitrogen and oxygen atoms in total. The van der Waals surface area contributed by atoms with Crippen LogP contribution in [0.2, 0.25) is 0 Å². The summed E-state index contributed by atoms with van der Waals surface area (Å²) in [7, 11) is -6.85. The van der Waals surface area contributed by atoms with E-state index in [9.17, 15) is 37.3 Å². The topological polar surface area (TPSA) is 210 Å². The largest absolute Gasteiger partial charge is 0.506 e. The summed E-state index contributed by atoms with van der Waals surface area (Å²) in [6.07, 6.45) is 4.84. The van der Waals surface area contributed by atoms with Crippen LogP contribution in [0.25, 0.3) is 11.4 Å². The number of phenolic OH excluding ortho intramolecular Hbond substituents is 2. The van der Waals surface area contributed by atoms with Crippen molar-refractivity contribution < 1.29 is 54.0 Å². The minimum atomic E-state index is -3.42. The van der Waals surface area contributed by atoms with Gasteiger partial charge in [-0.25, -0.2) is 26.2 Å². The molecule has 0 aliphatic heterocycles. The first-order chi connectivity index (χ1) is 24.5. The van der Waals surface area contributed by atoms with Crippen LogP contribution in [-0.2, 0) is 36.5 Å². The number of phenols is 2. The first-order valence-corrected chi connectivity index (χ1v) is 19.1. The predicted molar refractivity (Wildman–Crippen MR) is 197 cm³/mol. The van der Waals surface area contributed by atoms with Crippen molar-refractivity contribution in [2.75, 3.05) is 12.5 Å². The van der Waals surface area contributed by atoms with Gasteiger partial charge in [-0.2, -0.15) is 10.2 Å². The smallest absolute Gasteiger partial charge is 0.223 e. The Hall–Kier alpha value is -5.75. The summed E-state index contributed by atoms with van der Waals surface area (Å²) < 4.78 is 49.4. The van der Waals surface area contributed by atoms with Crippen LogP contribution in [0.15, 0.2) is 117 Å². The van der Waals surface area contributed by atoms with Crippen LogP contribution >= 0.6 is 0 Å². The normalized spacial score (nSPS) is 11.7. The van der Waals surface area contributed by atoms with Crippen molar-refractivity contribution in [3.63, 3.8) is 0 Å². The second-order valence-corrected chi connectivity index (χ2v) is 15.5. The SMILES string of the molecule is Cc1nn(-c2ccccc2)c(O)c1C=Nc1cc(S(C)(=O)=O)ccc1O.Cc1nn(-c2ccccc2)c(O)c1C=Nc1cc(S(C)(=O)=O)ccc1O.[Co]. The third kappa shape index (κ3) is 9.38. The van der Waals surface area contributed by atoms with Gasteiger partial charge >= 0.3 is 0 Å². The second kappa shape index (κ2) is 16.3. The Labute approximate surface area is 316 Å². The molecule has 1 radical (unpaired) electrons. The molecule has 2 aromatic heterocycles. The Balaban J connectivity index is 0.000000232. The summed E-state index contributed by atoms with van der Waals surface area (Å²) in [5.41, 5.74) is 3.36. The first kappa shape index (κ1) is 40.0. The van der Waals surface area contributed by atoms with E-state index >= 15 is 0 Å². The molecule has 4 N–H and O–H groups in total. The number of aromatic hydroxyl groups is 4. The van der Waals surface area contributed by atoms with Crippen LogP contribution in [0, 0.1) is 13.8 Å². The Morgan fingerprint density at radius 1 is 0.566 bits per heavy atom. The Bertz CT molecular complexity index is 2360. The van der Waals surface area contributed by atoms with E-state index in [2.05, 4.69) is 20.2 Å². The van der Waals surface area contributed by atoms with Gasteiger partial charge in [0.25, 0.3) is 0 Å². The maximum absolute atomic E-state index is 11.7. The van der Waals surface area contributed by atoms with Gasteiger partial charge in [0.1, 0.15) is 22.9 Å². The number of para-hydroxylation sites is 2. The van der Waals surface area contributed by atoms with Gasteiger partial charge in [-0.05, 0) is 74.5 Å². The van der Waals surface area contributed by atoms with Gasteiger partial charge in [0.15, 0.2) is 19.7 Å². The number of rotatable bonds is 8. The quantitative estimate of drug-likeness (QED) is 0.142. The van der Waals surface area contributed by atoms with Crippen LogP contribution in [-0.4, -0.2) is 81.8 Å². The van der Waals surface area contributed by atoms with Gasteiger partial charge in [-0.15, -0.1) is 0 Å². The number of sulfone groups is 2. The summed E-state index contributed by atoms with van der Waals surface area (Å²) in [6, 6.07) is 25.9. The van der Waals surface area contributed by atoms with Gasteiger partial charge in [0.05, 0.1) is 43.7 Å². The molecule has 2 heterocycles. The van der Waals surface area contributed by atoms with Gasteiger partial charge in [-0.1, -0.05) is 36.4 Å². The van der Waals surface area contributed by atoms with Crippen LogP contribution in [0.5, 0.6) is 23.3 Å². The second-order valence-electron chi connectivity index (χ2n) is 11.5. The van der Waals surface area contributed by atoms with Crippen LogP contribution in [0.4, 0.5) is 11.4 Å². The summed E-state index contributed by atoms with van der Waals surface area (Å²) in [5, 5.41) is 49.3. The molecule has 6 rings (SSSR count). The molecular formula is C36H34CoN6O8S2. The number of nitrogens with zero attached hydrogens (tertiary/aromatic N) is 6. The molecule has 0 amide bonds. The summed E-state index contributed by atoms with van der Waals surface area (Å²) in [6.45, 7) is 3.43. The zero-order valence-electron chi connectivity index (χ0n) is 28.6. The summed E-state index contributed by atoms with van der Waals surface area (Å²) in [4.78, 5) is 8.34. The van der Waals surface area contributed by atoms with Crippen LogP contribution in [0.1, 0.15) is 22.5 Å². The van der Waals surface area contributed by atoms with E-state index in [0.29, 0.717) is 33.9 Å². The Morgan fingerprint density at radius 3 is 1.23 bits per heavy atom. The zero-order valence-corrected chi connectivity index (χ0v) is 31.3. The Morgan fingerprint density at radius 2 is 0.906 bits per heavy atom. The molecule has 0 fully saturated rings. The van der Waals surface area contributed by atoms with E-state index in [1.165, 1.54) is 58.2 Å². The van der Waals surface area contributed by atoms with E-state index in [-0.39, 0.29) is 61.2 Å². The molecular weight excluding hydrogens is 767 g/mol. The number of hydrogen-bond acceptors (Lipinski definition) is 12. The molecule has 0 spiro atoms. The number of aromatic nitrogens is 4. The molecule has 0 saturated heterocycles. The van der Waals surface area contributed by atoms with Gasteiger partial charge in [0, 0.05) is 41.7 Å². The van der Waals surface area contributed by atoms with E-state index in [1.54, 1.807) is 38.1 Å². The van der Waals surface area contributed by atoms with Crippen molar-refractivity contribution in [2.24, 2.45) is 9.98 Å². The third-order valence-corrected chi connectivity index (χ3v) is 9.80. The van der Waals surface area contributed by atoms with Crippen molar-refractivity contribution in [1.82, 2.24) is 19.6 Å². The van der Waals surface area contributed by atoms with Crippen molar-refractivity contribution in [1.29, 1.82) is 0 Å². The van der Waals surface area contributed by atoms with Crippen LogP contribution in [0.3, 0.4) is 0 Å². The van der Waals surface area contributed by atoms with Gasteiger partial charge in [0.2, 0.25) is 11.8 Å². The fourth-order valence-electron chi connectivity index (χ4n) is 4.80. The average Bonchev–Trinajstić information content (AvgIpc) is 3.56. The minimum absolute atomic E-state index is 0. The molecule has 0 aliphatic carbocycles. The number of benzene rings is 4. The predicted octanol–water partition coefficient (Wildman–Crippen LogP) is 5.49. The molecule has 4 aromatic carbocycles. The van der Waals surface area contributed by atoms with Crippen molar-refractivity contribution in [2.45, 2.75) is 23.6 Å². The molecule has 53 heavy (non-hydrogen) atoms. The van der Waals surface area contributed by atoms with Crippen LogP contribution < -0.4 is 0 Å². The summed E-state index contributed by atoms with van der Waals surface area (Å²) >= 11 is 0. The fourth-order valence-corrected chi connectivity index (χ4v) is 6.08. The standard InChI is InChI=1S/2C18H17N3O4S.Co/c2*1-12-15(18(23)21(20-12)13-6-4-3-5-7-13)11-19-16-10-14(26(2,24)25)8-9-17(16)22;/h2*3-11,22-23H,1-2H3;. The van der Waals surface area contributed by atoms with E-state index in [0.717, 1.165) is 12.5 Å². The van der Waals surface area contributed by atoms with E-state index < -0.39 is 19.7 Å². The summed E-state index contributed by atoms with van der Waals surface area (Å²) in [5.74, 6) is -0.532. The average molecular weight is 802 g/mol. The number of aliphatic imine (C=N–C) groups is 2.